The summed E-state index contributed by atoms with van der Waals surface area (Å²) in [6.07, 6.45) is 2.18. The van der Waals surface area contributed by atoms with Crippen molar-refractivity contribution in [3.8, 4) is 17.0 Å². The smallest absolute Gasteiger partial charge is 0.278 e. The van der Waals surface area contributed by atoms with Gasteiger partial charge >= 0.3 is 0 Å². The number of pyridine rings is 1. The summed E-state index contributed by atoms with van der Waals surface area (Å²) < 4.78 is 53.9. The van der Waals surface area contributed by atoms with Crippen molar-refractivity contribution >= 4 is 5.57 Å². The highest BCUT2D eigenvalue weighted by molar-refractivity contribution is 5.73. The van der Waals surface area contributed by atoms with Gasteiger partial charge in [0.25, 0.3) is 5.92 Å². The molecule has 3 N–H and O–H groups in total. The summed E-state index contributed by atoms with van der Waals surface area (Å²) in [6, 6.07) is 6.82. The highest BCUT2D eigenvalue weighted by atomic mass is 19.3. The lowest BCUT2D eigenvalue weighted by molar-refractivity contribution is 0.0505. The summed E-state index contributed by atoms with van der Waals surface area (Å²) >= 11 is 0. The molecule has 4 rings (SSSR count). The predicted molar refractivity (Wildman–Crippen MR) is 122 cm³/mol. The monoisotopic (exact) mass is 459 g/mol. The van der Waals surface area contributed by atoms with Gasteiger partial charge in [-0.15, -0.1) is 0 Å². The molecule has 2 unspecified atom stereocenters. The van der Waals surface area contributed by atoms with Gasteiger partial charge in [0.2, 0.25) is 5.88 Å². The fourth-order valence-corrected chi connectivity index (χ4v) is 4.02. The second-order valence-corrected chi connectivity index (χ2v) is 8.55. The van der Waals surface area contributed by atoms with Gasteiger partial charge in [0, 0.05) is 17.7 Å². The number of ether oxygens (including phenoxy) is 2. The van der Waals surface area contributed by atoms with Gasteiger partial charge in [0.05, 0.1) is 12.2 Å². The number of nitrogens with one attached hydrogen (secondary N) is 1. The van der Waals surface area contributed by atoms with E-state index in [4.69, 9.17) is 15.2 Å². The van der Waals surface area contributed by atoms with Crippen molar-refractivity contribution < 1.29 is 22.6 Å². The van der Waals surface area contributed by atoms with Crippen LogP contribution in [-0.4, -0.2) is 36.3 Å². The highest BCUT2D eigenvalue weighted by Crippen LogP contribution is 2.42. The Bertz CT molecular complexity index is 1090. The van der Waals surface area contributed by atoms with E-state index in [9.17, 15) is 8.78 Å². The van der Waals surface area contributed by atoms with Gasteiger partial charge in [0.1, 0.15) is 24.3 Å². The topological polar surface area (TPSA) is 72.7 Å². The molecule has 33 heavy (non-hydrogen) atoms. The van der Waals surface area contributed by atoms with Gasteiger partial charge in [-0.05, 0) is 56.0 Å². The van der Waals surface area contributed by atoms with Crippen molar-refractivity contribution in [1.29, 1.82) is 0 Å². The van der Waals surface area contributed by atoms with E-state index < -0.39 is 18.7 Å². The summed E-state index contributed by atoms with van der Waals surface area (Å²) in [5.74, 6) is -2.93. The van der Waals surface area contributed by atoms with Crippen LogP contribution in [0.15, 0.2) is 43.0 Å². The van der Waals surface area contributed by atoms with Gasteiger partial charge < -0.3 is 20.5 Å². The van der Waals surface area contributed by atoms with Crippen molar-refractivity contribution in [2.24, 2.45) is 5.73 Å². The number of benzene rings is 1. The molecule has 5 nitrogen and oxygen atoms in total. The molecule has 0 saturated carbocycles. The largest absolute Gasteiger partial charge is 0.473 e. The molecule has 2 aromatic rings. The van der Waals surface area contributed by atoms with Crippen LogP contribution in [0.1, 0.15) is 43.2 Å². The first-order valence-electron chi connectivity index (χ1n) is 11.0. The highest BCUT2D eigenvalue weighted by Gasteiger charge is 2.40. The molecular formula is C25H28F3N3O2. The normalized spacial score (nSPS) is 22.2. The van der Waals surface area contributed by atoms with E-state index in [0.717, 1.165) is 22.8 Å². The average Bonchev–Trinajstić information content (AvgIpc) is 3.49. The molecule has 176 valence electrons. The Hall–Kier alpha value is -2.68. The number of alkyl halides is 2. The van der Waals surface area contributed by atoms with Crippen LogP contribution < -0.4 is 15.8 Å². The number of allylic oxidation sites excluding steroid dienone is 2. The Morgan fingerprint density at radius 2 is 2.09 bits per heavy atom. The maximum atomic E-state index is 15.1. The first-order chi connectivity index (χ1) is 15.7. The minimum atomic E-state index is -2.92. The lowest BCUT2D eigenvalue weighted by atomic mass is 9.92. The maximum absolute atomic E-state index is 15.1. The minimum absolute atomic E-state index is 0.245. The summed E-state index contributed by atoms with van der Waals surface area (Å²) in [7, 11) is 0. The number of hydrogen-bond acceptors (Lipinski definition) is 5. The van der Waals surface area contributed by atoms with Crippen molar-refractivity contribution in [2.75, 3.05) is 13.1 Å². The number of nitrogens with two attached hydrogens (primary N) is 1. The van der Waals surface area contributed by atoms with Gasteiger partial charge in [-0.2, -0.15) is 0 Å². The third-order valence-electron chi connectivity index (χ3n) is 5.81. The van der Waals surface area contributed by atoms with E-state index in [1.165, 1.54) is 12.1 Å². The first kappa shape index (κ1) is 23.5. The van der Waals surface area contributed by atoms with E-state index >= 15 is 4.39 Å². The van der Waals surface area contributed by atoms with Crippen LogP contribution in [0.2, 0.25) is 0 Å². The zero-order valence-corrected chi connectivity index (χ0v) is 18.7. The van der Waals surface area contributed by atoms with E-state index in [1.807, 2.05) is 13.0 Å². The van der Waals surface area contributed by atoms with Crippen molar-refractivity contribution in [1.82, 2.24) is 10.3 Å². The minimum Gasteiger partial charge on any atom is -0.473 e. The van der Waals surface area contributed by atoms with E-state index in [2.05, 4.69) is 16.9 Å². The number of epoxide rings is 1. The number of nitrogens with zero attached hydrogens (tertiary/aromatic N) is 1. The molecule has 3 heterocycles. The number of aromatic nitrogens is 1. The lowest BCUT2D eigenvalue weighted by Gasteiger charge is -2.28. The van der Waals surface area contributed by atoms with Gasteiger partial charge in [-0.1, -0.05) is 30.4 Å². The third-order valence-corrected chi connectivity index (χ3v) is 5.81. The Kier molecular flexibility index (Phi) is 6.61. The molecule has 0 amide bonds. The van der Waals surface area contributed by atoms with Crippen LogP contribution in [0.5, 0.6) is 5.88 Å². The predicted octanol–water partition coefficient (Wildman–Crippen LogP) is 4.77. The van der Waals surface area contributed by atoms with Crippen molar-refractivity contribution in [3.63, 3.8) is 0 Å². The average molecular weight is 460 g/mol. The van der Waals surface area contributed by atoms with Gasteiger partial charge in [-0.25, -0.2) is 18.2 Å². The molecule has 0 aliphatic carbocycles. The van der Waals surface area contributed by atoms with Crippen LogP contribution in [-0.2, 0) is 11.2 Å². The fraction of sp³-hybridized carbons (Fsp3) is 0.400. The summed E-state index contributed by atoms with van der Waals surface area (Å²) in [6.45, 7) is 7.01. The molecule has 1 aromatic carbocycles. The second kappa shape index (κ2) is 9.29. The molecule has 8 heteroatoms. The zero-order chi connectivity index (χ0) is 23.8. The molecule has 0 radical (unpaired) electrons. The molecule has 0 bridgehead atoms. The van der Waals surface area contributed by atoms with Gasteiger partial charge in [0.15, 0.2) is 0 Å². The number of hydrogen-bond donors (Lipinski definition) is 2. The molecular weight excluding hydrogens is 431 g/mol. The molecule has 1 fully saturated rings. The Morgan fingerprint density at radius 1 is 1.33 bits per heavy atom. The third kappa shape index (κ3) is 5.29. The van der Waals surface area contributed by atoms with E-state index in [1.54, 1.807) is 19.1 Å². The summed E-state index contributed by atoms with van der Waals surface area (Å²) in [5, 5.41) is 2.77. The first-order valence-corrected chi connectivity index (χ1v) is 11.0. The van der Waals surface area contributed by atoms with Crippen molar-refractivity contribution in [2.45, 2.75) is 51.0 Å². The Balaban J connectivity index is 1.60. The number of halogens is 3. The summed E-state index contributed by atoms with van der Waals surface area (Å²) in [5.41, 5.74) is 9.78. The molecule has 2 aliphatic rings. The zero-order valence-electron chi connectivity index (χ0n) is 18.7. The summed E-state index contributed by atoms with van der Waals surface area (Å²) in [4.78, 5) is 4.57. The van der Waals surface area contributed by atoms with Crippen LogP contribution in [0.4, 0.5) is 13.2 Å². The van der Waals surface area contributed by atoms with Crippen LogP contribution in [0.3, 0.4) is 0 Å². The fourth-order valence-electron chi connectivity index (χ4n) is 4.02. The quantitative estimate of drug-likeness (QED) is 0.440. The molecule has 2 aliphatic heterocycles. The maximum Gasteiger partial charge on any atom is 0.278 e. The molecule has 1 aromatic heterocycles. The lowest BCUT2D eigenvalue weighted by Crippen LogP contribution is -2.39. The molecule has 0 spiro atoms. The second-order valence-electron chi connectivity index (χ2n) is 8.55. The van der Waals surface area contributed by atoms with Crippen LogP contribution >= 0.6 is 0 Å². The molecule has 3 atom stereocenters. The molecule has 1 saturated heterocycles. The van der Waals surface area contributed by atoms with E-state index in [0.29, 0.717) is 35.5 Å². The number of fused-ring (bicyclic) bond motifs is 1. The van der Waals surface area contributed by atoms with Gasteiger partial charge in [-0.3, -0.25) is 0 Å². The SMILES string of the molecule is C=C(C)c1ccc(-c2cc(C3OC3N)nc3c2CC[C@H](CNCC(F)(F)/C=C/C)O3)c(F)c1. The Labute approximate surface area is 191 Å². The van der Waals surface area contributed by atoms with Crippen LogP contribution in [0, 0.1) is 5.82 Å². The standard InChI is InChI=1S/C25H28F3N3O2/c1-4-9-25(27,28)13-30-12-16-6-8-18-19(17-7-5-15(14(2)3)10-20(17)26)11-21(22-23(29)33-22)31-24(18)32-16/h4-5,7,9-11,16,22-23,30H,2,6,8,12-13,29H2,1,3H3/b9-4+/t16-,22?,23?/m1/s1. The Morgan fingerprint density at radius 3 is 2.73 bits per heavy atom. The van der Waals surface area contributed by atoms with Crippen molar-refractivity contribution in [3.05, 3.63) is 65.6 Å². The van der Waals surface area contributed by atoms with Crippen LogP contribution in [0.25, 0.3) is 16.7 Å². The van der Waals surface area contributed by atoms with E-state index in [-0.39, 0.29) is 24.6 Å². The number of rotatable bonds is 8.